The zero-order valence-electron chi connectivity index (χ0n) is 17.3. The van der Waals surface area contributed by atoms with Crippen LogP contribution >= 0.6 is 0 Å². The van der Waals surface area contributed by atoms with Crippen molar-refractivity contribution in [3.8, 4) is 0 Å². The number of aryl methyl sites for hydroxylation is 2. The lowest BCUT2D eigenvalue weighted by molar-refractivity contribution is -0.130. The number of hydrogen-bond donors (Lipinski definition) is 1. The standard InChI is InChI=1S/C20H31N5O3/c1-5-6-11-24-18-17(19(27)22-20(24)28)25(12-13(2)3)15(21-18)9-10-16(26)23(4)14-7-8-14/h13-14H,5-12H2,1-4H3,(H,22,27,28). The fourth-order valence-electron chi connectivity index (χ4n) is 3.55. The maximum absolute atomic E-state index is 12.6. The van der Waals surface area contributed by atoms with Crippen LogP contribution in [0.4, 0.5) is 0 Å². The monoisotopic (exact) mass is 389 g/mol. The molecule has 1 amide bonds. The Labute approximate surface area is 164 Å². The lowest BCUT2D eigenvalue weighted by Gasteiger charge is -2.16. The first-order valence-electron chi connectivity index (χ1n) is 10.3. The summed E-state index contributed by atoms with van der Waals surface area (Å²) < 4.78 is 3.45. The number of nitrogens with zero attached hydrogens (tertiary/aromatic N) is 4. The van der Waals surface area contributed by atoms with E-state index in [2.05, 4.69) is 30.7 Å². The fraction of sp³-hybridized carbons (Fsp3) is 0.700. The molecule has 0 radical (unpaired) electrons. The molecular formula is C20H31N5O3. The minimum absolute atomic E-state index is 0.0999. The van der Waals surface area contributed by atoms with Crippen LogP contribution in [0.15, 0.2) is 9.59 Å². The number of aromatic nitrogens is 4. The van der Waals surface area contributed by atoms with E-state index in [0.29, 0.717) is 54.9 Å². The number of H-pyrrole nitrogens is 1. The number of fused-ring (bicyclic) bond motifs is 1. The van der Waals surface area contributed by atoms with Crippen molar-refractivity contribution in [2.45, 2.75) is 78.4 Å². The number of hydrogen-bond acceptors (Lipinski definition) is 4. The minimum atomic E-state index is -0.420. The molecule has 8 heteroatoms. The highest BCUT2D eigenvalue weighted by Crippen LogP contribution is 2.26. The summed E-state index contributed by atoms with van der Waals surface area (Å²) in [6.07, 6.45) is 4.73. The molecule has 8 nitrogen and oxygen atoms in total. The van der Waals surface area contributed by atoms with Gasteiger partial charge in [-0.15, -0.1) is 0 Å². The Morgan fingerprint density at radius 2 is 2.00 bits per heavy atom. The van der Waals surface area contributed by atoms with E-state index < -0.39 is 11.2 Å². The van der Waals surface area contributed by atoms with Gasteiger partial charge in [-0.2, -0.15) is 0 Å². The van der Waals surface area contributed by atoms with Crippen molar-refractivity contribution in [1.82, 2.24) is 24.0 Å². The zero-order chi connectivity index (χ0) is 20.4. The van der Waals surface area contributed by atoms with E-state index in [4.69, 9.17) is 0 Å². The molecule has 28 heavy (non-hydrogen) atoms. The van der Waals surface area contributed by atoms with Gasteiger partial charge in [0.15, 0.2) is 11.2 Å². The van der Waals surface area contributed by atoms with Crippen LogP contribution in [0.5, 0.6) is 0 Å². The first kappa shape index (κ1) is 20.4. The van der Waals surface area contributed by atoms with Gasteiger partial charge >= 0.3 is 5.69 Å². The maximum atomic E-state index is 12.6. The number of nitrogens with one attached hydrogen (secondary N) is 1. The van der Waals surface area contributed by atoms with Gasteiger partial charge in [0.05, 0.1) is 0 Å². The number of carbonyl (C=O) groups excluding carboxylic acids is 1. The molecule has 1 fully saturated rings. The van der Waals surface area contributed by atoms with Crippen molar-refractivity contribution in [3.05, 3.63) is 26.7 Å². The number of rotatable bonds is 9. The van der Waals surface area contributed by atoms with Crippen molar-refractivity contribution in [1.29, 1.82) is 0 Å². The van der Waals surface area contributed by atoms with E-state index in [0.717, 1.165) is 25.7 Å². The van der Waals surface area contributed by atoms with E-state index >= 15 is 0 Å². The summed E-state index contributed by atoms with van der Waals surface area (Å²) in [5.74, 6) is 1.10. The Kier molecular flexibility index (Phi) is 6.05. The molecule has 0 aromatic carbocycles. The summed E-state index contributed by atoms with van der Waals surface area (Å²) in [5.41, 5.74) is 0.0352. The Morgan fingerprint density at radius 1 is 1.29 bits per heavy atom. The lowest BCUT2D eigenvalue weighted by atomic mass is 10.2. The number of aromatic amines is 1. The van der Waals surface area contributed by atoms with Crippen LogP contribution in [-0.2, 0) is 24.3 Å². The highest BCUT2D eigenvalue weighted by molar-refractivity contribution is 5.77. The van der Waals surface area contributed by atoms with Crippen molar-refractivity contribution in [3.63, 3.8) is 0 Å². The van der Waals surface area contributed by atoms with Crippen molar-refractivity contribution >= 4 is 17.1 Å². The zero-order valence-corrected chi connectivity index (χ0v) is 17.3. The second-order valence-electron chi connectivity index (χ2n) is 8.20. The molecule has 0 unspecified atom stereocenters. The van der Waals surface area contributed by atoms with Gasteiger partial charge in [-0.25, -0.2) is 9.78 Å². The highest BCUT2D eigenvalue weighted by atomic mass is 16.2. The summed E-state index contributed by atoms with van der Waals surface area (Å²) in [6, 6.07) is 0.379. The molecule has 1 aliphatic rings. The van der Waals surface area contributed by atoms with Gasteiger partial charge in [-0.3, -0.25) is 19.1 Å². The normalized spacial score (nSPS) is 14.2. The molecule has 0 bridgehead atoms. The summed E-state index contributed by atoms with van der Waals surface area (Å²) in [5, 5.41) is 0. The van der Waals surface area contributed by atoms with Crippen LogP contribution in [0.3, 0.4) is 0 Å². The molecular weight excluding hydrogens is 358 g/mol. The van der Waals surface area contributed by atoms with Crippen LogP contribution in [0, 0.1) is 5.92 Å². The van der Waals surface area contributed by atoms with E-state index in [9.17, 15) is 14.4 Å². The molecule has 2 aromatic rings. The van der Waals surface area contributed by atoms with Crippen LogP contribution < -0.4 is 11.2 Å². The number of amides is 1. The second kappa shape index (κ2) is 8.32. The first-order chi connectivity index (χ1) is 13.3. The molecule has 0 saturated heterocycles. The number of unbranched alkanes of at least 4 members (excludes halogenated alkanes) is 1. The van der Waals surface area contributed by atoms with Crippen LogP contribution in [-0.4, -0.2) is 43.0 Å². The third-order valence-electron chi connectivity index (χ3n) is 5.30. The lowest BCUT2D eigenvalue weighted by Crippen LogP contribution is -2.31. The Bertz CT molecular complexity index is 965. The molecule has 0 spiro atoms. The highest BCUT2D eigenvalue weighted by Gasteiger charge is 2.29. The van der Waals surface area contributed by atoms with Gasteiger partial charge in [-0.1, -0.05) is 27.2 Å². The minimum Gasteiger partial charge on any atom is -0.343 e. The predicted molar refractivity (Wildman–Crippen MR) is 108 cm³/mol. The van der Waals surface area contributed by atoms with Gasteiger partial charge in [0.2, 0.25) is 5.91 Å². The fourth-order valence-corrected chi connectivity index (χ4v) is 3.55. The summed E-state index contributed by atoms with van der Waals surface area (Å²) in [7, 11) is 1.85. The van der Waals surface area contributed by atoms with Crippen molar-refractivity contribution < 1.29 is 4.79 Å². The average Bonchev–Trinajstić information content (AvgIpc) is 3.42. The van der Waals surface area contributed by atoms with E-state index in [1.54, 1.807) is 4.57 Å². The number of imidazole rings is 1. The van der Waals surface area contributed by atoms with Crippen LogP contribution in [0.1, 0.15) is 58.7 Å². The Hall–Kier alpha value is -2.38. The summed E-state index contributed by atoms with van der Waals surface area (Å²) in [6.45, 7) is 7.34. The third-order valence-corrected chi connectivity index (χ3v) is 5.30. The largest absolute Gasteiger partial charge is 0.343 e. The van der Waals surface area contributed by atoms with Gasteiger partial charge in [0, 0.05) is 39.0 Å². The smallest absolute Gasteiger partial charge is 0.330 e. The summed E-state index contributed by atoms with van der Waals surface area (Å²) in [4.78, 5) is 46.3. The van der Waals surface area contributed by atoms with Crippen molar-refractivity contribution in [2.24, 2.45) is 5.92 Å². The Morgan fingerprint density at radius 3 is 2.61 bits per heavy atom. The predicted octanol–water partition coefficient (Wildman–Crippen LogP) is 1.90. The molecule has 1 aliphatic carbocycles. The van der Waals surface area contributed by atoms with Gasteiger partial charge in [0.25, 0.3) is 5.56 Å². The van der Waals surface area contributed by atoms with E-state index in [-0.39, 0.29) is 5.91 Å². The molecule has 2 aromatic heterocycles. The molecule has 1 saturated carbocycles. The topological polar surface area (TPSA) is 93.0 Å². The molecule has 1 N–H and O–H groups in total. The number of carbonyl (C=O) groups is 1. The SMILES string of the molecule is CCCCn1c(=O)[nH]c(=O)c2c1nc(CCC(=O)N(C)C1CC1)n2CC(C)C. The Balaban J connectivity index is 1.99. The van der Waals surface area contributed by atoms with Crippen molar-refractivity contribution in [2.75, 3.05) is 7.05 Å². The van der Waals surface area contributed by atoms with Gasteiger partial charge in [-0.05, 0) is 25.2 Å². The van der Waals surface area contributed by atoms with E-state index in [1.807, 2.05) is 16.5 Å². The second-order valence-corrected chi connectivity index (χ2v) is 8.20. The van der Waals surface area contributed by atoms with Crippen LogP contribution in [0.2, 0.25) is 0 Å². The first-order valence-corrected chi connectivity index (χ1v) is 10.3. The molecule has 3 rings (SSSR count). The van der Waals surface area contributed by atoms with E-state index in [1.165, 1.54) is 0 Å². The molecule has 0 atom stereocenters. The van der Waals surface area contributed by atoms with Gasteiger partial charge < -0.3 is 9.47 Å². The average molecular weight is 390 g/mol. The quantitative estimate of drug-likeness (QED) is 0.709. The third kappa shape index (κ3) is 4.20. The maximum Gasteiger partial charge on any atom is 0.330 e. The summed E-state index contributed by atoms with van der Waals surface area (Å²) >= 11 is 0. The van der Waals surface area contributed by atoms with Gasteiger partial charge in [0.1, 0.15) is 5.82 Å². The molecule has 154 valence electrons. The van der Waals surface area contributed by atoms with Crippen LogP contribution in [0.25, 0.3) is 11.2 Å². The molecule has 0 aliphatic heterocycles. The molecule has 2 heterocycles.